The zero-order valence-electron chi connectivity index (χ0n) is 12.2. The summed E-state index contributed by atoms with van der Waals surface area (Å²) in [7, 11) is 0. The number of rotatable bonds is 3. The Morgan fingerprint density at radius 2 is 1.68 bits per heavy atom. The van der Waals surface area contributed by atoms with Gasteiger partial charge in [0.05, 0.1) is 0 Å². The van der Waals surface area contributed by atoms with Crippen LogP contribution in [0.1, 0.15) is 45.2 Å². The predicted molar refractivity (Wildman–Crippen MR) is 77.4 cm³/mol. The number of hydrogen-bond acceptors (Lipinski definition) is 2. The van der Waals surface area contributed by atoms with Crippen LogP contribution >= 0.6 is 0 Å². The zero-order valence-corrected chi connectivity index (χ0v) is 12.2. The van der Waals surface area contributed by atoms with Crippen LogP contribution < -0.4 is 5.73 Å². The van der Waals surface area contributed by atoms with Crippen LogP contribution in [-0.4, -0.2) is 24.0 Å². The number of benzene rings is 1. The Balaban J connectivity index is 2.15. The average molecular weight is 264 g/mol. The molecule has 3 heteroatoms. The number of halogens is 1. The van der Waals surface area contributed by atoms with E-state index in [-0.39, 0.29) is 17.9 Å². The maximum Gasteiger partial charge on any atom is 0.123 e. The molecule has 2 N–H and O–H groups in total. The van der Waals surface area contributed by atoms with Crippen molar-refractivity contribution >= 4 is 0 Å². The predicted octanol–water partition coefficient (Wildman–Crippen LogP) is 3.34. The fraction of sp³-hybridized carbons (Fsp3) is 0.625. The standard InChI is InChI=1S/C16H25FN2/c1-12(18)15(13-4-6-14(17)7-5-13)19-10-8-16(2,3)9-11-19/h4-7,12,15H,8-11,18H2,1-3H3. The molecule has 2 atom stereocenters. The van der Waals surface area contributed by atoms with Gasteiger partial charge in [-0.05, 0) is 56.0 Å². The van der Waals surface area contributed by atoms with Gasteiger partial charge in [0.15, 0.2) is 0 Å². The van der Waals surface area contributed by atoms with Gasteiger partial charge in [-0.15, -0.1) is 0 Å². The van der Waals surface area contributed by atoms with E-state index >= 15 is 0 Å². The summed E-state index contributed by atoms with van der Waals surface area (Å²) in [5, 5.41) is 0. The summed E-state index contributed by atoms with van der Waals surface area (Å²) in [6.07, 6.45) is 2.38. The molecule has 1 aromatic carbocycles. The van der Waals surface area contributed by atoms with Gasteiger partial charge < -0.3 is 5.73 Å². The molecule has 1 fully saturated rings. The molecule has 0 aromatic heterocycles. The van der Waals surface area contributed by atoms with Gasteiger partial charge in [0.2, 0.25) is 0 Å². The van der Waals surface area contributed by atoms with Crippen LogP contribution in [0.25, 0.3) is 0 Å². The first kappa shape index (κ1) is 14.5. The van der Waals surface area contributed by atoms with E-state index in [4.69, 9.17) is 5.73 Å². The number of likely N-dealkylation sites (tertiary alicyclic amines) is 1. The van der Waals surface area contributed by atoms with Gasteiger partial charge in [-0.1, -0.05) is 26.0 Å². The average Bonchev–Trinajstić information content (AvgIpc) is 2.33. The van der Waals surface area contributed by atoms with Crippen molar-refractivity contribution in [3.05, 3.63) is 35.6 Å². The van der Waals surface area contributed by atoms with Gasteiger partial charge in [-0.25, -0.2) is 4.39 Å². The van der Waals surface area contributed by atoms with Crippen LogP contribution in [0.15, 0.2) is 24.3 Å². The molecule has 1 heterocycles. The number of piperidine rings is 1. The molecule has 19 heavy (non-hydrogen) atoms. The van der Waals surface area contributed by atoms with Crippen LogP contribution in [0.2, 0.25) is 0 Å². The van der Waals surface area contributed by atoms with Gasteiger partial charge in [0.1, 0.15) is 5.82 Å². The molecule has 1 aliphatic heterocycles. The molecule has 2 unspecified atom stereocenters. The van der Waals surface area contributed by atoms with Gasteiger partial charge in [0, 0.05) is 12.1 Å². The Bertz CT molecular complexity index is 401. The Hall–Kier alpha value is -0.930. The second kappa shape index (κ2) is 5.59. The van der Waals surface area contributed by atoms with Gasteiger partial charge in [-0.2, -0.15) is 0 Å². The smallest absolute Gasteiger partial charge is 0.123 e. The highest BCUT2D eigenvalue weighted by Crippen LogP contribution is 2.34. The summed E-state index contributed by atoms with van der Waals surface area (Å²) in [5.74, 6) is -0.188. The monoisotopic (exact) mass is 264 g/mol. The number of nitrogens with two attached hydrogens (primary N) is 1. The van der Waals surface area contributed by atoms with Crippen molar-refractivity contribution < 1.29 is 4.39 Å². The molecule has 1 saturated heterocycles. The summed E-state index contributed by atoms with van der Waals surface area (Å²) in [5.41, 5.74) is 7.72. The molecule has 106 valence electrons. The fourth-order valence-electron chi connectivity index (χ4n) is 2.91. The molecule has 0 bridgehead atoms. The normalized spacial score (nSPS) is 23.0. The summed E-state index contributed by atoms with van der Waals surface area (Å²) >= 11 is 0. The molecule has 0 saturated carbocycles. The first-order valence-electron chi connectivity index (χ1n) is 7.14. The summed E-state index contributed by atoms with van der Waals surface area (Å²) in [6.45, 7) is 8.81. The van der Waals surface area contributed by atoms with E-state index < -0.39 is 0 Å². The molecule has 0 radical (unpaired) electrons. The van der Waals surface area contributed by atoms with E-state index in [0.29, 0.717) is 5.41 Å². The largest absolute Gasteiger partial charge is 0.326 e. The Morgan fingerprint density at radius 1 is 1.16 bits per heavy atom. The third-order valence-electron chi connectivity index (χ3n) is 4.25. The minimum Gasteiger partial charge on any atom is -0.326 e. The third-order valence-corrected chi connectivity index (χ3v) is 4.25. The minimum absolute atomic E-state index is 0.0478. The first-order valence-corrected chi connectivity index (χ1v) is 7.14. The number of hydrogen-bond donors (Lipinski definition) is 1. The summed E-state index contributed by atoms with van der Waals surface area (Å²) < 4.78 is 13.1. The van der Waals surface area contributed by atoms with E-state index in [1.54, 1.807) is 0 Å². The highest BCUT2D eigenvalue weighted by Gasteiger charge is 2.31. The third kappa shape index (κ3) is 3.54. The molecule has 2 nitrogen and oxygen atoms in total. The second-order valence-corrected chi connectivity index (χ2v) is 6.56. The summed E-state index contributed by atoms with van der Waals surface area (Å²) in [6, 6.07) is 7.02. The maximum absolute atomic E-state index is 13.1. The molecular weight excluding hydrogens is 239 g/mol. The van der Waals surface area contributed by atoms with E-state index in [0.717, 1.165) is 18.7 Å². The van der Waals surface area contributed by atoms with Crippen LogP contribution in [0, 0.1) is 11.2 Å². The van der Waals surface area contributed by atoms with E-state index in [1.807, 2.05) is 19.1 Å². The molecule has 0 aliphatic carbocycles. The minimum atomic E-state index is -0.188. The molecule has 2 rings (SSSR count). The van der Waals surface area contributed by atoms with Crippen LogP contribution in [0.4, 0.5) is 4.39 Å². The topological polar surface area (TPSA) is 29.3 Å². The lowest BCUT2D eigenvalue weighted by molar-refractivity contribution is 0.0841. The van der Waals surface area contributed by atoms with Gasteiger partial charge in [0.25, 0.3) is 0 Å². The maximum atomic E-state index is 13.1. The lowest BCUT2D eigenvalue weighted by Crippen LogP contribution is -2.45. The van der Waals surface area contributed by atoms with Crippen molar-refractivity contribution in [2.75, 3.05) is 13.1 Å². The Labute approximate surface area is 115 Å². The molecule has 0 spiro atoms. The van der Waals surface area contributed by atoms with Crippen molar-refractivity contribution in [3.8, 4) is 0 Å². The van der Waals surface area contributed by atoms with Crippen LogP contribution in [0.5, 0.6) is 0 Å². The van der Waals surface area contributed by atoms with Crippen LogP contribution in [-0.2, 0) is 0 Å². The van der Waals surface area contributed by atoms with E-state index in [1.165, 1.54) is 25.0 Å². The molecule has 0 amide bonds. The van der Waals surface area contributed by atoms with E-state index in [2.05, 4.69) is 18.7 Å². The van der Waals surface area contributed by atoms with Gasteiger partial charge >= 0.3 is 0 Å². The fourth-order valence-corrected chi connectivity index (χ4v) is 2.91. The van der Waals surface area contributed by atoms with Gasteiger partial charge in [-0.3, -0.25) is 4.90 Å². The van der Waals surface area contributed by atoms with Crippen molar-refractivity contribution in [3.63, 3.8) is 0 Å². The Morgan fingerprint density at radius 3 is 2.16 bits per heavy atom. The highest BCUT2D eigenvalue weighted by atomic mass is 19.1. The van der Waals surface area contributed by atoms with E-state index in [9.17, 15) is 4.39 Å². The van der Waals surface area contributed by atoms with Crippen LogP contribution in [0.3, 0.4) is 0 Å². The summed E-state index contributed by atoms with van der Waals surface area (Å²) in [4.78, 5) is 2.45. The Kier molecular flexibility index (Phi) is 4.26. The second-order valence-electron chi connectivity index (χ2n) is 6.56. The SMILES string of the molecule is CC(N)C(c1ccc(F)cc1)N1CCC(C)(C)CC1. The molecule has 1 aromatic rings. The molecular formula is C16H25FN2. The highest BCUT2D eigenvalue weighted by molar-refractivity contribution is 5.21. The molecule has 1 aliphatic rings. The lowest BCUT2D eigenvalue weighted by Gasteiger charge is -2.42. The van der Waals surface area contributed by atoms with Crippen molar-refractivity contribution in [1.82, 2.24) is 4.90 Å². The lowest BCUT2D eigenvalue weighted by atomic mass is 9.81. The number of nitrogens with zero attached hydrogens (tertiary/aromatic N) is 1. The first-order chi connectivity index (χ1) is 8.89. The van der Waals surface area contributed by atoms with Crippen molar-refractivity contribution in [2.45, 2.75) is 45.7 Å². The zero-order chi connectivity index (χ0) is 14.0. The quantitative estimate of drug-likeness (QED) is 0.907. The van der Waals surface area contributed by atoms with Crippen molar-refractivity contribution in [2.24, 2.45) is 11.1 Å². The van der Waals surface area contributed by atoms with Crippen molar-refractivity contribution in [1.29, 1.82) is 0 Å².